The van der Waals surface area contributed by atoms with Crippen LogP contribution in [0.3, 0.4) is 0 Å². The minimum absolute atomic E-state index is 0.00414. The summed E-state index contributed by atoms with van der Waals surface area (Å²) in [6.45, 7) is 3.11. The number of amides is 1. The molecule has 1 heterocycles. The number of Topliss-reactive ketones (excluding diaryl/α,β-unsaturated/α-hetero) is 1. The van der Waals surface area contributed by atoms with E-state index >= 15 is 0 Å². The summed E-state index contributed by atoms with van der Waals surface area (Å²) in [4.78, 5) is 23.4. The fraction of sp³-hybridized carbons (Fsp3) is 0.571. The van der Waals surface area contributed by atoms with Gasteiger partial charge in [0.1, 0.15) is 6.54 Å². The first kappa shape index (κ1) is 12.9. The zero-order chi connectivity index (χ0) is 13.0. The molecule has 4 heteroatoms. The number of nitrogens with zero attached hydrogens (tertiary/aromatic N) is 1. The third kappa shape index (κ3) is 3.45. The van der Waals surface area contributed by atoms with E-state index < -0.39 is 0 Å². The van der Waals surface area contributed by atoms with Gasteiger partial charge in [-0.2, -0.15) is 0 Å². The van der Waals surface area contributed by atoms with E-state index in [2.05, 4.69) is 12.2 Å². The summed E-state index contributed by atoms with van der Waals surface area (Å²) >= 11 is 0. The van der Waals surface area contributed by atoms with Crippen molar-refractivity contribution in [2.24, 2.45) is 5.92 Å². The number of carbonyl (C=O) groups excluding carboxylic acids is 2. The quantitative estimate of drug-likeness (QED) is 0.592. The molecular formula is C14H20N2O2. The Balaban J connectivity index is 1.82. The largest absolute Gasteiger partial charge is 0.355 e. The number of ketones is 1. The van der Waals surface area contributed by atoms with E-state index in [0.717, 1.165) is 37.8 Å². The number of rotatable bonds is 7. The molecule has 18 heavy (non-hydrogen) atoms. The molecule has 0 atom stereocenters. The van der Waals surface area contributed by atoms with Crippen LogP contribution in [0.5, 0.6) is 0 Å². The molecule has 0 bridgehead atoms. The zero-order valence-corrected chi connectivity index (χ0v) is 10.8. The van der Waals surface area contributed by atoms with Gasteiger partial charge in [0.2, 0.25) is 5.91 Å². The molecule has 1 saturated carbocycles. The monoisotopic (exact) mass is 248 g/mol. The third-order valence-corrected chi connectivity index (χ3v) is 3.16. The minimum atomic E-state index is 0.00414. The Morgan fingerprint density at radius 1 is 1.44 bits per heavy atom. The van der Waals surface area contributed by atoms with Crippen LogP contribution in [0.4, 0.5) is 0 Å². The van der Waals surface area contributed by atoms with Crippen LogP contribution in [0, 0.1) is 5.92 Å². The molecule has 0 aromatic carbocycles. The van der Waals surface area contributed by atoms with Crippen molar-refractivity contribution in [1.29, 1.82) is 0 Å². The average Bonchev–Trinajstić information content (AvgIpc) is 3.10. The summed E-state index contributed by atoms with van der Waals surface area (Å²) in [6.07, 6.45) is 7.69. The van der Waals surface area contributed by atoms with E-state index in [-0.39, 0.29) is 17.6 Å². The van der Waals surface area contributed by atoms with Gasteiger partial charge in [0.05, 0.1) is 0 Å². The zero-order valence-electron chi connectivity index (χ0n) is 10.8. The van der Waals surface area contributed by atoms with Crippen molar-refractivity contribution in [3.8, 4) is 0 Å². The molecule has 98 valence electrons. The lowest BCUT2D eigenvalue weighted by molar-refractivity contribution is -0.121. The van der Waals surface area contributed by atoms with Crippen molar-refractivity contribution in [3.05, 3.63) is 24.0 Å². The fourth-order valence-electron chi connectivity index (χ4n) is 1.89. The summed E-state index contributed by atoms with van der Waals surface area (Å²) in [5, 5.41) is 2.86. The van der Waals surface area contributed by atoms with Crippen LogP contribution < -0.4 is 5.32 Å². The molecule has 1 aromatic heterocycles. The van der Waals surface area contributed by atoms with Gasteiger partial charge in [-0.05, 0) is 25.3 Å². The van der Waals surface area contributed by atoms with E-state index in [9.17, 15) is 9.59 Å². The van der Waals surface area contributed by atoms with Gasteiger partial charge in [0.15, 0.2) is 5.78 Å². The topological polar surface area (TPSA) is 51.1 Å². The first-order valence-electron chi connectivity index (χ1n) is 6.67. The normalized spacial score (nSPS) is 14.5. The van der Waals surface area contributed by atoms with E-state index in [1.807, 2.05) is 0 Å². The predicted molar refractivity (Wildman–Crippen MR) is 69.4 cm³/mol. The maximum absolute atomic E-state index is 11.8. The highest BCUT2D eigenvalue weighted by Gasteiger charge is 2.30. The molecule has 1 fully saturated rings. The second-order valence-electron chi connectivity index (χ2n) is 4.91. The third-order valence-electron chi connectivity index (χ3n) is 3.16. The maximum Gasteiger partial charge on any atom is 0.239 e. The Kier molecular flexibility index (Phi) is 4.18. The van der Waals surface area contributed by atoms with Gasteiger partial charge in [0, 0.05) is 30.4 Å². The smallest absolute Gasteiger partial charge is 0.239 e. The van der Waals surface area contributed by atoms with Crippen molar-refractivity contribution in [2.45, 2.75) is 39.2 Å². The Hall–Kier alpha value is -1.58. The highest BCUT2D eigenvalue weighted by molar-refractivity contribution is 5.99. The molecule has 4 nitrogen and oxygen atoms in total. The number of hydrogen-bond donors (Lipinski definition) is 1. The average molecular weight is 248 g/mol. The molecule has 0 saturated heterocycles. The van der Waals surface area contributed by atoms with E-state index in [1.165, 1.54) is 0 Å². The van der Waals surface area contributed by atoms with Crippen LogP contribution in [0.1, 0.15) is 43.0 Å². The number of nitrogens with one attached hydrogen (secondary N) is 1. The molecule has 0 radical (unpaired) electrons. The lowest BCUT2D eigenvalue weighted by Gasteiger charge is -2.04. The summed E-state index contributed by atoms with van der Waals surface area (Å²) < 4.78 is 1.77. The Morgan fingerprint density at radius 2 is 2.22 bits per heavy atom. The number of unbranched alkanes of at least 4 members (excludes halogenated alkanes) is 1. The highest BCUT2D eigenvalue weighted by atomic mass is 16.2. The second-order valence-corrected chi connectivity index (χ2v) is 4.91. The van der Waals surface area contributed by atoms with Crippen molar-refractivity contribution < 1.29 is 9.59 Å². The van der Waals surface area contributed by atoms with Crippen molar-refractivity contribution >= 4 is 11.7 Å². The van der Waals surface area contributed by atoms with Crippen LogP contribution in [0.15, 0.2) is 18.5 Å². The van der Waals surface area contributed by atoms with E-state index in [0.29, 0.717) is 6.54 Å². The molecule has 1 aliphatic carbocycles. The van der Waals surface area contributed by atoms with E-state index in [4.69, 9.17) is 0 Å². The van der Waals surface area contributed by atoms with Crippen LogP contribution in [0.2, 0.25) is 0 Å². The fourth-order valence-corrected chi connectivity index (χ4v) is 1.89. The number of hydrogen-bond acceptors (Lipinski definition) is 2. The van der Waals surface area contributed by atoms with Gasteiger partial charge in [-0.1, -0.05) is 13.3 Å². The summed E-state index contributed by atoms with van der Waals surface area (Å²) in [5.41, 5.74) is 0.735. The van der Waals surface area contributed by atoms with Gasteiger partial charge >= 0.3 is 0 Å². The molecule has 2 rings (SSSR count). The Labute approximate surface area is 107 Å². The van der Waals surface area contributed by atoms with Gasteiger partial charge < -0.3 is 9.88 Å². The summed E-state index contributed by atoms with van der Waals surface area (Å²) in [6, 6.07) is 1.81. The summed E-state index contributed by atoms with van der Waals surface area (Å²) in [7, 11) is 0. The number of carbonyl (C=O) groups is 2. The minimum Gasteiger partial charge on any atom is -0.355 e. The molecule has 0 unspecified atom stereocenters. The molecule has 1 aromatic rings. The molecule has 0 spiro atoms. The van der Waals surface area contributed by atoms with Crippen LogP contribution in [-0.2, 0) is 11.3 Å². The van der Waals surface area contributed by atoms with E-state index in [1.54, 1.807) is 23.0 Å². The van der Waals surface area contributed by atoms with Gasteiger partial charge in [-0.25, -0.2) is 0 Å². The predicted octanol–water partition coefficient (Wildman–Crippen LogP) is 2.00. The van der Waals surface area contributed by atoms with Gasteiger partial charge in [0.25, 0.3) is 0 Å². The second kappa shape index (κ2) is 5.85. The highest BCUT2D eigenvalue weighted by Crippen LogP contribution is 2.32. The molecular weight excluding hydrogens is 228 g/mol. The Morgan fingerprint density at radius 3 is 2.89 bits per heavy atom. The van der Waals surface area contributed by atoms with Crippen molar-refractivity contribution in [3.63, 3.8) is 0 Å². The lowest BCUT2D eigenvalue weighted by atomic mass is 10.1. The SMILES string of the molecule is CCCCNC(=O)Cn1ccc(C(=O)C2CC2)c1. The first-order valence-corrected chi connectivity index (χ1v) is 6.67. The Bertz CT molecular complexity index is 433. The molecule has 1 aliphatic rings. The van der Waals surface area contributed by atoms with Crippen LogP contribution in [-0.4, -0.2) is 22.8 Å². The number of aromatic nitrogens is 1. The summed E-state index contributed by atoms with van der Waals surface area (Å²) in [5.74, 6) is 0.462. The van der Waals surface area contributed by atoms with Crippen LogP contribution in [0.25, 0.3) is 0 Å². The van der Waals surface area contributed by atoms with Gasteiger partial charge in [-0.15, -0.1) is 0 Å². The maximum atomic E-state index is 11.8. The standard InChI is InChI=1S/C14H20N2O2/c1-2-3-7-15-13(17)10-16-8-6-12(9-16)14(18)11-4-5-11/h6,8-9,11H,2-5,7,10H2,1H3,(H,15,17). The molecule has 1 N–H and O–H groups in total. The lowest BCUT2D eigenvalue weighted by Crippen LogP contribution is -2.27. The van der Waals surface area contributed by atoms with Crippen molar-refractivity contribution in [1.82, 2.24) is 9.88 Å². The molecule has 0 aliphatic heterocycles. The van der Waals surface area contributed by atoms with Crippen LogP contribution >= 0.6 is 0 Å². The van der Waals surface area contributed by atoms with Crippen molar-refractivity contribution in [2.75, 3.05) is 6.54 Å². The van der Waals surface area contributed by atoms with Gasteiger partial charge in [-0.3, -0.25) is 9.59 Å². The molecule has 1 amide bonds. The first-order chi connectivity index (χ1) is 8.70.